The van der Waals surface area contributed by atoms with E-state index in [4.69, 9.17) is 10.5 Å². The Morgan fingerprint density at radius 3 is 2.67 bits per heavy atom. The molecule has 15 heavy (non-hydrogen) atoms. The van der Waals surface area contributed by atoms with Crippen molar-refractivity contribution in [3.8, 4) is 5.75 Å². The van der Waals surface area contributed by atoms with Gasteiger partial charge in [-0.05, 0) is 17.7 Å². The molecule has 0 amide bonds. The molecule has 1 rings (SSSR count). The zero-order valence-electron chi connectivity index (χ0n) is 8.49. The predicted molar refractivity (Wildman–Crippen MR) is 51.9 cm³/mol. The zero-order chi connectivity index (χ0) is 11.4. The summed E-state index contributed by atoms with van der Waals surface area (Å²) in [5.74, 6) is -1.03. The van der Waals surface area contributed by atoms with Gasteiger partial charge in [0.25, 0.3) is 0 Å². The third kappa shape index (κ3) is 2.44. The Kier molecular flexibility index (Phi) is 3.62. The van der Waals surface area contributed by atoms with Crippen LogP contribution in [0.4, 0.5) is 4.39 Å². The minimum Gasteiger partial charge on any atom is -0.494 e. The first-order chi connectivity index (χ1) is 7.10. The van der Waals surface area contributed by atoms with Crippen molar-refractivity contribution in [3.05, 3.63) is 29.6 Å². The molecule has 0 saturated heterocycles. The first-order valence-corrected chi connectivity index (χ1v) is 4.27. The van der Waals surface area contributed by atoms with E-state index in [1.54, 1.807) is 0 Å². The van der Waals surface area contributed by atoms with E-state index in [-0.39, 0.29) is 5.75 Å². The Balaban J connectivity index is 3.00. The van der Waals surface area contributed by atoms with E-state index in [0.717, 1.165) is 0 Å². The van der Waals surface area contributed by atoms with Crippen molar-refractivity contribution in [3.63, 3.8) is 0 Å². The van der Waals surface area contributed by atoms with Crippen molar-refractivity contribution in [2.45, 2.75) is 6.04 Å². The number of hydrogen-bond acceptors (Lipinski definition) is 4. The van der Waals surface area contributed by atoms with Crippen LogP contribution in [0.2, 0.25) is 0 Å². The van der Waals surface area contributed by atoms with Gasteiger partial charge in [0.15, 0.2) is 11.6 Å². The normalized spacial score (nSPS) is 12.0. The molecule has 1 atom stereocenters. The van der Waals surface area contributed by atoms with Gasteiger partial charge in [0.1, 0.15) is 6.04 Å². The van der Waals surface area contributed by atoms with Gasteiger partial charge in [-0.2, -0.15) is 0 Å². The average Bonchev–Trinajstić information content (AvgIpc) is 2.27. The molecule has 1 aromatic rings. The van der Waals surface area contributed by atoms with Gasteiger partial charge >= 0.3 is 5.97 Å². The van der Waals surface area contributed by atoms with Crippen LogP contribution in [0.1, 0.15) is 11.6 Å². The number of rotatable bonds is 3. The van der Waals surface area contributed by atoms with Crippen molar-refractivity contribution >= 4 is 5.97 Å². The second-order valence-electron chi connectivity index (χ2n) is 2.89. The number of benzene rings is 1. The third-order valence-corrected chi connectivity index (χ3v) is 1.99. The smallest absolute Gasteiger partial charge is 0.327 e. The van der Waals surface area contributed by atoms with Crippen LogP contribution in [0.25, 0.3) is 0 Å². The molecule has 0 aliphatic heterocycles. The molecule has 0 aliphatic rings. The Labute approximate surface area is 86.8 Å². The summed E-state index contributed by atoms with van der Waals surface area (Å²) >= 11 is 0. The molecular formula is C10H12FNO3. The number of halogens is 1. The first kappa shape index (κ1) is 11.5. The lowest BCUT2D eigenvalue weighted by molar-refractivity contribution is -0.142. The Morgan fingerprint density at radius 1 is 1.47 bits per heavy atom. The summed E-state index contributed by atoms with van der Waals surface area (Å²) in [6.07, 6.45) is 0. The van der Waals surface area contributed by atoms with Crippen LogP contribution in [0.3, 0.4) is 0 Å². The van der Waals surface area contributed by atoms with Gasteiger partial charge < -0.3 is 15.2 Å². The number of nitrogens with two attached hydrogens (primary N) is 1. The second-order valence-corrected chi connectivity index (χ2v) is 2.89. The fourth-order valence-electron chi connectivity index (χ4n) is 1.13. The van der Waals surface area contributed by atoms with Crippen LogP contribution in [0.15, 0.2) is 18.2 Å². The van der Waals surface area contributed by atoms with Gasteiger partial charge in [0.05, 0.1) is 14.2 Å². The topological polar surface area (TPSA) is 61.5 Å². The van der Waals surface area contributed by atoms with E-state index in [1.165, 1.54) is 32.4 Å². The molecule has 0 radical (unpaired) electrons. The number of esters is 1. The van der Waals surface area contributed by atoms with E-state index in [2.05, 4.69) is 4.74 Å². The Morgan fingerprint density at radius 2 is 2.13 bits per heavy atom. The van der Waals surface area contributed by atoms with Crippen molar-refractivity contribution in [1.82, 2.24) is 0 Å². The molecule has 0 aromatic heterocycles. The van der Waals surface area contributed by atoms with E-state index >= 15 is 0 Å². The highest BCUT2D eigenvalue weighted by molar-refractivity contribution is 5.77. The van der Waals surface area contributed by atoms with Crippen LogP contribution in [0.5, 0.6) is 5.75 Å². The summed E-state index contributed by atoms with van der Waals surface area (Å²) in [6, 6.07) is 3.05. The van der Waals surface area contributed by atoms with E-state index < -0.39 is 17.8 Å². The largest absolute Gasteiger partial charge is 0.494 e. The van der Waals surface area contributed by atoms with Crippen LogP contribution < -0.4 is 10.5 Å². The highest BCUT2D eigenvalue weighted by Gasteiger charge is 2.17. The van der Waals surface area contributed by atoms with Crippen molar-refractivity contribution in [1.29, 1.82) is 0 Å². The lowest BCUT2D eigenvalue weighted by Gasteiger charge is -2.11. The average molecular weight is 213 g/mol. The lowest BCUT2D eigenvalue weighted by Crippen LogP contribution is -2.22. The third-order valence-electron chi connectivity index (χ3n) is 1.99. The van der Waals surface area contributed by atoms with Crippen LogP contribution >= 0.6 is 0 Å². The summed E-state index contributed by atoms with van der Waals surface area (Å²) in [5, 5.41) is 0. The SMILES string of the molecule is COC(=O)[C@@H](N)c1ccc(F)c(OC)c1. The number of carbonyl (C=O) groups is 1. The molecule has 0 aliphatic carbocycles. The van der Waals surface area contributed by atoms with Crippen LogP contribution in [-0.4, -0.2) is 20.2 Å². The molecule has 0 bridgehead atoms. The number of ether oxygens (including phenoxy) is 2. The van der Waals surface area contributed by atoms with Crippen molar-refractivity contribution < 1.29 is 18.7 Å². The molecule has 0 spiro atoms. The van der Waals surface area contributed by atoms with Gasteiger partial charge in [-0.15, -0.1) is 0 Å². The molecule has 4 nitrogen and oxygen atoms in total. The minimum absolute atomic E-state index is 0.0480. The second kappa shape index (κ2) is 4.75. The molecule has 5 heteroatoms. The molecule has 0 heterocycles. The summed E-state index contributed by atoms with van der Waals surface area (Å²) < 4.78 is 22.3. The van der Waals surface area contributed by atoms with E-state index in [0.29, 0.717) is 5.56 Å². The summed E-state index contributed by atoms with van der Waals surface area (Å²) in [7, 11) is 2.58. The summed E-state index contributed by atoms with van der Waals surface area (Å²) in [6.45, 7) is 0. The minimum atomic E-state index is -0.926. The Bertz CT molecular complexity index is 368. The predicted octanol–water partition coefficient (Wildman–Crippen LogP) is 1.01. The molecule has 0 fully saturated rings. The van der Waals surface area contributed by atoms with Crippen LogP contribution in [0, 0.1) is 5.82 Å². The van der Waals surface area contributed by atoms with Gasteiger partial charge in [-0.1, -0.05) is 6.07 Å². The maximum absolute atomic E-state index is 13.0. The molecule has 0 unspecified atom stereocenters. The highest BCUT2D eigenvalue weighted by atomic mass is 19.1. The van der Waals surface area contributed by atoms with E-state index in [1.807, 2.05) is 0 Å². The number of carbonyl (C=O) groups excluding carboxylic acids is 1. The maximum atomic E-state index is 13.0. The quantitative estimate of drug-likeness (QED) is 0.761. The monoisotopic (exact) mass is 213 g/mol. The molecule has 82 valence electrons. The standard InChI is InChI=1S/C10H12FNO3/c1-14-8-5-6(3-4-7(8)11)9(12)10(13)15-2/h3-5,9H,12H2,1-2H3/t9-/m0/s1. The molecular weight excluding hydrogens is 201 g/mol. The molecule has 2 N–H and O–H groups in total. The lowest BCUT2D eigenvalue weighted by atomic mass is 10.1. The maximum Gasteiger partial charge on any atom is 0.327 e. The number of methoxy groups -OCH3 is 2. The zero-order valence-corrected chi connectivity index (χ0v) is 8.49. The van der Waals surface area contributed by atoms with Gasteiger partial charge in [0, 0.05) is 0 Å². The fraction of sp³-hybridized carbons (Fsp3) is 0.300. The van der Waals surface area contributed by atoms with E-state index in [9.17, 15) is 9.18 Å². The fourth-order valence-corrected chi connectivity index (χ4v) is 1.13. The van der Waals surface area contributed by atoms with Gasteiger partial charge in [-0.3, -0.25) is 4.79 Å². The first-order valence-electron chi connectivity index (χ1n) is 4.27. The molecule has 0 saturated carbocycles. The summed E-state index contributed by atoms with van der Waals surface area (Å²) in [5.41, 5.74) is 6.01. The van der Waals surface area contributed by atoms with Crippen molar-refractivity contribution in [2.75, 3.05) is 14.2 Å². The number of hydrogen-bond donors (Lipinski definition) is 1. The Hall–Kier alpha value is -1.62. The highest BCUT2D eigenvalue weighted by Crippen LogP contribution is 2.21. The molecule has 1 aromatic carbocycles. The summed E-state index contributed by atoms with van der Waals surface area (Å²) in [4.78, 5) is 11.1. The van der Waals surface area contributed by atoms with Gasteiger partial charge in [-0.25, -0.2) is 4.39 Å². The van der Waals surface area contributed by atoms with Crippen LogP contribution in [-0.2, 0) is 9.53 Å². The van der Waals surface area contributed by atoms with Gasteiger partial charge in [0.2, 0.25) is 0 Å². The van der Waals surface area contributed by atoms with Crippen molar-refractivity contribution in [2.24, 2.45) is 5.73 Å².